The third-order valence-corrected chi connectivity index (χ3v) is 3.84. The van der Waals surface area contributed by atoms with Crippen LogP contribution in [-0.4, -0.2) is 14.5 Å². The molecule has 0 N–H and O–H groups in total. The Balaban J connectivity index is 0.00000196. The Hall–Kier alpha value is -3.05. The molecule has 0 atom stereocenters. The summed E-state index contributed by atoms with van der Waals surface area (Å²) >= 11 is 0. The van der Waals surface area contributed by atoms with E-state index in [9.17, 15) is 8.78 Å². The van der Waals surface area contributed by atoms with Crippen molar-refractivity contribution in [1.29, 1.82) is 0 Å². The highest BCUT2D eigenvalue weighted by molar-refractivity contribution is 5.85. The molecule has 26 heavy (non-hydrogen) atoms. The minimum Gasteiger partial charge on any atom is -0.277 e. The maximum atomic E-state index is 13.9. The third-order valence-electron chi connectivity index (χ3n) is 3.84. The van der Waals surface area contributed by atoms with Gasteiger partial charge in [-0.15, -0.1) is 12.4 Å². The second-order valence-electron chi connectivity index (χ2n) is 5.48. The first-order valence-electron chi connectivity index (χ1n) is 7.74. The molecule has 2 heterocycles. The highest BCUT2D eigenvalue weighted by Crippen LogP contribution is 2.22. The summed E-state index contributed by atoms with van der Waals surface area (Å²) in [5, 5.41) is 0. The SMILES string of the molecule is Cl.Fc1ccc(C=Cc2nc3ccccc3n2-c2ccccn2)c(F)c1. The predicted molar refractivity (Wildman–Crippen MR) is 101 cm³/mol. The third kappa shape index (κ3) is 3.34. The fraction of sp³-hybridized carbons (Fsp3) is 0. The second-order valence-corrected chi connectivity index (χ2v) is 5.48. The van der Waals surface area contributed by atoms with Gasteiger partial charge >= 0.3 is 0 Å². The van der Waals surface area contributed by atoms with Crippen molar-refractivity contribution in [2.45, 2.75) is 0 Å². The first-order chi connectivity index (χ1) is 12.2. The van der Waals surface area contributed by atoms with Gasteiger partial charge in [0.05, 0.1) is 11.0 Å². The van der Waals surface area contributed by atoms with Crippen LogP contribution in [0, 0.1) is 11.6 Å². The number of pyridine rings is 1. The zero-order chi connectivity index (χ0) is 17.2. The van der Waals surface area contributed by atoms with Crippen molar-refractivity contribution in [2.75, 3.05) is 0 Å². The number of para-hydroxylation sites is 2. The standard InChI is InChI=1S/C20H13F2N3.ClH/c21-15-10-8-14(16(22)13-15)9-11-20-24-17-5-1-2-6-18(17)25(20)19-7-3-4-12-23-19;/h1-13H;1H. The lowest BCUT2D eigenvalue weighted by Crippen LogP contribution is -1.99. The van der Waals surface area contributed by atoms with Crippen molar-refractivity contribution in [1.82, 2.24) is 14.5 Å². The zero-order valence-electron chi connectivity index (χ0n) is 13.5. The molecule has 3 nitrogen and oxygen atoms in total. The van der Waals surface area contributed by atoms with E-state index in [1.165, 1.54) is 12.1 Å². The average Bonchev–Trinajstić information content (AvgIpc) is 3.00. The van der Waals surface area contributed by atoms with Gasteiger partial charge in [0.1, 0.15) is 23.3 Å². The van der Waals surface area contributed by atoms with Crippen molar-refractivity contribution >= 4 is 35.6 Å². The number of rotatable bonds is 3. The Morgan fingerprint density at radius 1 is 0.885 bits per heavy atom. The Morgan fingerprint density at radius 3 is 2.46 bits per heavy atom. The van der Waals surface area contributed by atoms with Crippen LogP contribution in [0.2, 0.25) is 0 Å². The highest BCUT2D eigenvalue weighted by Gasteiger charge is 2.11. The molecule has 0 saturated carbocycles. The van der Waals surface area contributed by atoms with Gasteiger partial charge in [-0.05, 0) is 48.6 Å². The van der Waals surface area contributed by atoms with Gasteiger partial charge in [0, 0.05) is 17.8 Å². The van der Waals surface area contributed by atoms with E-state index in [-0.39, 0.29) is 12.4 Å². The number of hydrogen-bond donors (Lipinski definition) is 0. The molecular formula is C20H14ClF2N3. The maximum Gasteiger partial charge on any atom is 0.139 e. The molecule has 4 rings (SSSR count). The van der Waals surface area contributed by atoms with Gasteiger partial charge in [0.2, 0.25) is 0 Å². The second kappa shape index (κ2) is 7.45. The Labute approximate surface area is 155 Å². The topological polar surface area (TPSA) is 30.7 Å². The van der Waals surface area contributed by atoms with E-state index >= 15 is 0 Å². The van der Waals surface area contributed by atoms with Crippen molar-refractivity contribution in [3.63, 3.8) is 0 Å². The van der Waals surface area contributed by atoms with Crippen LogP contribution in [-0.2, 0) is 0 Å². The van der Waals surface area contributed by atoms with E-state index in [1.807, 2.05) is 47.0 Å². The summed E-state index contributed by atoms with van der Waals surface area (Å²) in [6.07, 6.45) is 4.98. The summed E-state index contributed by atoms with van der Waals surface area (Å²) in [5.41, 5.74) is 2.01. The van der Waals surface area contributed by atoms with Crippen LogP contribution < -0.4 is 0 Å². The molecule has 6 heteroatoms. The Morgan fingerprint density at radius 2 is 1.69 bits per heavy atom. The Bertz CT molecular complexity index is 1080. The summed E-state index contributed by atoms with van der Waals surface area (Å²) in [4.78, 5) is 8.97. The normalized spacial score (nSPS) is 11.0. The number of aromatic nitrogens is 3. The van der Waals surface area contributed by atoms with E-state index < -0.39 is 11.6 Å². The lowest BCUT2D eigenvalue weighted by Gasteiger charge is -2.05. The average molecular weight is 370 g/mol. The van der Waals surface area contributed by atoms with Crippen molar-refractivity contribution in [3.05, 3.63) is 89.9 Å². The van der Waals surface area contributed by atoms with E-state index in [1.54, 1.807) is 18.3 Å². The Kier molecular flexibility index (Phi) is 5.09. The fourth-order valence-electron chi connectivity index (χ4n) is 2.68. The van der Waals surface area contributed by atoms with Crippen LogP contribution >= 0.6 is 12.4 Å². The number of benzene rings is 2. The van der Waals surface area contributed by atoms with Crippen LogP contribution in [0.25, 0.3) is 29.0 Å². The summed E-state index contributed by atoms with van der Waals surface area (Å²) in [6, 6.07) is 16.8. The number of imidazole rings is 1. The maximum absolute atomic E-state index is 13.9. The van der Waals surface area contributed by atoms with Gasteiger partial charge in [-0.25, -0.2) is 18.7 Å². The van der Waals surface area contributed by atoms with Gasteiger partial charge < -0.3 is 0 Å². The number of nitrogens with zero attached hydrogens (tertiary/aromatic N) is 3. The monoisotopic (exact) mass is 369 g/mol. The summed E-state index contributed by atoms with van der Waals surface area (Å²) < 4.78 is 28.8. The predicted octanol–water partition coefficient (Wildman–Crippen LogP) is 5.29. The lowest BCUT2D eigenvalue weighted by atomic mass is 10.2. The van der Waals surface area contributed by atoms with Crippen molar-refractivity contribution in [2.24, 2.45) is 0 Å². The molecule has 0 unspecified atom stereocenters. The molecule has 4 aromatic rings. The smallest absolute Gasteiger partial charge is 0.139 e. The molecule has 0 saturated heterocycles. The molecule has 0 fully saturated rings. The molecule has 0 aliphatic carbocycles. The van der Waals surface area contributed by atoms with Crippen LogP contribution in [0.1, 0.15) is 11.4 Å². The number of fused-ring (bicyclic) bond motifs is 1. The minimum absolute atomic E-state index is 0. The van der Waals surface area contributed by atoms with Gasteiger partial charge in [-0.3, -0.25) is 4.57 Å². The molecule has 0 aliphatic rings. The van der Waals surface area contributed by atoms with Crippen LogP contribution in [0.4, 0.5) is 8.78 Å². The zero-order valence-corrected chi connectivity index (χ0v) is 14.3. The van der Waals surface area contributed by atoms with E-state index in [0.29, 0.717) is 11.4 Å². The fourth-order valence-corrected chi connectivity index (χ4v) is 2.68. The van der Waals surface area contributed by atoms with E-state index in [0.717, 1.165) is 22.9 Å². The quantitative estimate of drug-likeness (QED) is 0.491. The van der Waals surface area contributed by atoms with Gasteiger partial charge in [0.25, 0.3) is 0 Å². The van der Waals surface area contributed by atoms with Gasteiger partial charge in [-0.2, -0.15) is 0 Å². The van der Waals surface area contributed by atoms with Gasteiger partial charge in [0.15, 0.2) is 0 Å². The molecule has 2 aromatic heterocycles. The van der Waals surface area contributed by atoms with E-state index in [2.05, 4.69) is 9.97 Å². The molecule has 0 spiro atoms. The van der Waals surface area contributed by atoms with Crippen molar-refractivity contribution < 1.29 is 8.78 Å². The number of hydrogen-bond acceptors (Lipinski definition) is 2. The molecule has 0 bridgehead atoms. The molecule has 0 amide bonds. The first kappa shape index (κ1) is 17.8. The molecule has 130 valence electrons. The van der Waals surface area contributed by atoms with Crippen molar-refractivity contribution in [3.8, 4) is 5.82 Å². The van der Waals surface area contributed by atoms with E-state index in [4.69, 9.17) is 0 Å². The number of halogens is 3. The van der Waals surface area contributed by atoms with Crippen LogP contribution in [0.3, 0.4) is 0 Å². The lowest BCUT2D eigenvalue weighted by molar-refractivity contribution is 0.581. The van der Waals surface area contributed by atoms with Crippen LogP contribution in [0.5, 0.6) is 0 Å². The molecule has 2 aromatic carbocycles. The van der Waals surface area contributed by atoms with Crippen LogP contribution in [0.15, 0.2) is 66.9 Å². The molecule has 0 radical (unpaired) electrons. The minimum atomic E-state index is -0.614. The summed E-state index contributed by atoms with van der Waals surface area (Å²) in [7, 11) is 0. The summed E-state index contributed by atoms with van der Waals surface area (Å²) in [6.45, 7) is 0. The highest BCUT2D eigenvalue weighted by atomic mass is 35.5. The molecule has 0 aliphatic heterocycles. The first-order valence-corrected chi connectivity index (χ1v) is 7.74. The molecular weight excluding hydrogens is 356 g/mol. The van der Waals surface area contributed by atoms with Gasteiger partial charge in [-0.1, -0.05) is 18.2 Å². The largest absolute Gasteiger partial charge is 0.277 e. The summed E-state index contributed by atoms with van der Waals surface area (Å²) in [5.74, 6) is 0.117.